The van der Waals surface area contributed by atoms with Gasteiger partial charge < -0.3 is 9.72 Å². The van der Waals surface area contributed by atoms with Crippen molar-refractivity contribution >= 4 is 33.0 Å². The average molecular weight is 287 g/mol. The number of hydrogen-bond acceptors (Lipinski definition) is 2. The Morgan fingerprint density at radius 2 is 2.27 bits per heavy atom. The molecule has 0 saturated carbocycles. The smallest absolute Gasteiger partial charge is 0.132 e. The fourth-order valence-electron chi connectivity index (χ4n) is 1.80. The second-order valence-electron chi connectivity index (χ2n) is 3.72. The van der Waals surface area contributed by atoms with E-state index in [1.807, 2.05) is 18.3 Å². The quantitative estimate of drug-likeness (QED) is 0.872. The minimum atomic E-state index is 0.502. The summed E-state index contributed by atoms with van der Waals surface area (Å²) in [6.07, 6.45) is 1.92. The Morgan fingerprint density at radius 1 is 1.47 bits per heavy atom. The zero-order chi connectivity index (χ0) is 10.4. The van der Waals surface area contributed by atoms with Gasteiger partial charge in [-0.3, -0.25) is 0 Å². The minimum absolute atomic E-state index is 0.502. The molecule has 0 unspecified atom stereocenters. The zero-order valence-electron chi connectivity index (χ0n) is 7.87. The second-order valence-corrected chi connectivity index (χ2v) is 4.91. The molecule has 3 heterocycles. The topological polar surface area (TPSA) is 29.3 Å². The maximum Gasteiger partial charge on any atom is 0.132 e. The van der Waals surface area contributed by atoms with Crippen molar-refractivity contribution < 1.29 is 0 Å². The molecule has 2 aromatic rings. The van der Waals surface area contributed by atoms with E-state index >= 15 is 0 Å². The van der Waals surface area contributed by atoms with Crippen LogP contribution in [0.5, 0.6) is 0 Å². The summed E-state index contributed by atoms with van der Waals surface area (Å²) in [5, 5.41) is 3.98. The molecule has 3 nitrogen and oxygen atoms in total. The Labute approximate surface area is 101 Å². The van der Waals surface area contributed by atoms with Crippen LogP contribution in [0.15, 0.2) is 22.9 Å². The first-order valence-corrected chi connectivity index (χ1v) is 5.96. The molecule has 0 amide bonds. The highest BCUT2D eigenvalue weighted by Gasteiger charge is 2.24. The normalized spacial score (nSPS) is 16.9. The van der Waals surface area contributed by atoms with E-state index in [9.17, 15) is 0 Å². The summed E-state index contributed by atoms with van der Waals surface area (Å²) in [4.78, 5) is 4.53. The SMILES string of the molecule is Clc1ccc2c(Br)nc(C3CNC3)n2c1. The molecule has 15 heavy (non-hydrogen) atoms. The molecule has 1 aliphatic heterocycles. The third-order valence-electron chi connectivity index (χ3n) is 2.73. The number of fused-ring (bicyclic) bond motifs is 1. The first-order chi connectivity index (χ1) is 7.25. The van der Waals surface area contributed by atoms with Gasteiger partial charge in [0.15, 0.2) is 0 Å². The standard InChI is InChI=1S/C10H9BrClN3/c11-9-8-2-1-7(12)5-15(8)10(14-9)6-3-13-4-6/h1-2,5-6,13H,3-4H2. The van der Waals surface area contributed by atoms with Gasteiger partial charge in [-0.1, -0.05) is 11.6 Å². The maximum absolute atomic E-state index is 5.99. The first kappa shape index (κ1) is 9.63. The van der Waals surface area contributed by atoms with Crippen molar-refractivity contribution in [2.75, 3.05) is 13.1 Å². The minimum Gasteiger partial charge on any atom is -0.315 e. The molecular weight excluding hydrogens is 277 g/mol. The summed E-state index contributed by atoms with van der Waals surface area (Å²) in [6.45, 7) is 2.00. The van der Waals surface area contributed by atoms with Crippen LogP contribution < -0.4 is 5.32 Å². The molecule has 0 atom stereocenters. The van der Waals surface area contributed by atoms with Crippen LogP contribution in [0.3, 0.4) is 0 Å². The van der Waals surface area contributed by atoms with Gasteiger partial charge in [0, 0.05) is 25.2 Å². The Hall–Kier alpha value is -0.580. The van der Waals surface area contributed by atoms with Crippen molar-refractivity contribution in [3.05, 3.63) is 33.8 Å². The van der Waals surface area contributed by atoms with Crippen LogP contribution in [0, 0.1) is 0 Å². The number of hydrogen-bond donors (Lipinski definition) is 1. The Balaban J connectivity index is 2.24. The highest BCUT2D eigenvalue weighted by molar-refractivity contribution is 9.10. The van der Waals surface area contributed by atoms with E-state index in [1.165, 1.54) is 0 Å². The van der Waals surface area contributed by atoms with Gasteiger partial charge in [-0.2, -0.15) is 0 Å². The van der Waals surface area contributed by atoms with Crippen LogP contribution in [0.1, 0.15) is 11.7 Å². The Bertz CT molecular complexity index is 519. The van der Waals surface area contributed by atoms with Crippen LogP contribution in [0.2, 0.25) is 5.02 Å². The van der Waals surface area contributed by atoms with Crippen molar-refractivity contribution in [3.63, 3.8) is 0 Å². The van der Waals surface area contributed by atoms with Crippen LogP contribution >= 0.6 is 27.5 Å². The molecule has 3 rings (SSSR count). The predicted octanol–water partition coefficient (Wildman–Crippen LogP) is 2.44. The van der Waals surface area contributed by atoms with E-state index in [2.05, 4.69) is 30.6 Å². The molecule has 5 heteroatoms. The largest absolute Gasteiger partial charge is 0.315 e. The molecule has 1 fully saturated rings. The Morgan fingerprint density at radius 3 is 2.93 bits per heavy atom. The molecular formula is C10H9BrClN3. The number of aromatic nitrogens is 2. The Kier molecular flexibility index (Phi) is 2.23. The highest BCUT2D eigenvalue weighted by atomic mass is 79.9. The summed E-state index contributed by atoms with van der Waals surface area (Å²) in [6, 6.07) is 3.86. The predicted molar refractivity (Wildman–Crippen MR) is 63.5 cm³/mol. The lowest BCUT2D eigenvalue weighted by molar-refractivity contribution is 0.429. The number of nitrogens with zero attached hydrogens (tertiary/aromatic N) is 2. The summed E-state index contributed by atoms with van der Waals surface area (Å²) < 4.78 is 2.96. The molecule has 1 saturated heterocycles. The third-order valence-corrected chi connectivity index (χ3v) is 3.54. The van der Waals surface area contributed by atoms with E-state index in [-0.39, 0.29) is 0 Å². The molecule has 0 radical (unpaired) electrons. The highest BCUT2D eigenvalue weighted by Crippen LogP contribution is 2.27. The van der Waals surface area contributed by atoms with Crippen molar-refractivity contribution in [2.24, 2.45) is 0 Å². The lowest BCUT2D eigenvalue weighted by atomic mass is 10.0. The molecule has 1 aliphatic rings. The number of halogens is 2. The van der Waals surface area contributed by atoms with Gasteiger partial charge >= 0.3 is 0 Å². The van der Waals surface area contributed by atoms with Crippen molar-refractivity contribution in [1.82, 2.24) is 14.7 Å². The molecule has 78 valence electrons. The summed E-state index contributed by atoms with van der Waals surface area (Å²) in [7, 11) is 0. The van der Waals surface area contributed by atoms with Gasteiger partial charge in [-0.05, 0) is 28.1 Å². The van der Waals surface area contributed by atoms with Gasteiger partial charge in [-0.25, -0.2) is 4.98 Å². The van der Waals surface area contributed by atoms with Crippen molar-refractivity contribution in [2.45, 2.75) is 5.92 Å². The van der Waals surface area contributed by atoms with Gasteiger partial charge in [0.05, 0.1) is 10.5 Å². The van der Waals surface area contributed by atoms with Crippen LogP contribution in [0.25, 0.3) is 5.52 Å². The summed E-state index contributed by atoms with van der Waals surface area (Å²) in [5.41, 5.74) is 1.07. The lowest BCUT2D eigenvalue weighted by Gasteiger charge is -2.25. The number of imidazole rings is 1. The van der Waals surface area contributed by atoms with Crippen molar-refractivity contribution in [1.29, 1.82) is 0 Å². The van der Waals surface area contributed by atoms with E-state index < -0.39 is 0 Å². The molecule has 0 aromatic carbocycles. The molecule has 0 spiro atoms. The van der Waals surface area contributed by atoms with Gasteiger partial charge in [-0.15, -0.1) is 0 Å². The summed E-state index contributed by atoms with van der Waals surface area (Å²) >= 11 is 9.45. The fourth-order valence-corrected chi connectivity index (χ4v) is 2.47. The van der Waals surface area contributed by atoms with Crippen LogP contribution in [-0.2, 0) is 0 Å². The van der Waals surface area contributed by atoms with E-state index in [1.54, 1.807) is 0 Å². The molecule has 0 bridgehead atoms. The maximum atomic E-state index is 5.99. The van der Waals surface area contributed by atoms with E-state index in [0.717, 1.165) is 34.1 Å². The third kappa shape index (κ3) is 1.48. The molecule has 2 aromatic heterocycles. The van der Waals surface area contributed by atoms with Gasteiger partial charge in [0.1, 0.15) is 10.4 Å². The summed E-state index contributed by atoms with van der Waals surface area (Å²) in [5.74, 6) is 1.58. The molecule has 0 aliphatic carbocycles. The average Bonchev–Trinajstić information content (AvgIpc) is 2.41. The van der Waals surface area contributed by atoms with E-state index in [0.29, 0.717) is 5.92 Å². The van der Waals surface area contributed by atoms with Gasteiger partial charge in [0.2, 0.25) is 0 Å². The van der Waals surface area contributed by atoms with Crippen LogP contribution in [0.4, 0.5) is 0 Å². The first-order valence-electron chi connectivity index (χ1n) is 4.79. The van der Waals surface area contributed by atoms with Crippen LogP contribution in [-0.4, -0.2) is 22.5 Å². The lowest BCUT2D eigenvalue weighted by Crippen LogP contribution is -2.40. The number of rotatable bonds is 1. The second kappa shape index (κ2) is 3.47. The number of pyridine rings is 1. The van der Waals surface area contributed by atoms with Crippen molar-refractivity contribution in [3.8, 4) is 0 Å². The van der Waals surface area contributed by atoms with E-state index in [4.69, 9.17) is 11.6 Å². The fraction of sp³-hybridized carbons (Fsp3) is 0.300. The van der Waals surface area contributed by atoms with Gasteiger partial charge in [0.25, 0.3) is 0 Å². The number of nitrogens with one attached hydrogen (secondary N) is 1. The zero-order valence-corrected chi connectivity index (χ0v) is 10.2. The monoisotopic (exact) mass is 285 g/mol. The molecule has 1 N–H and O–H groups in total.